The number of methoxy groups -OCH3 is 2. The standard InChI is InChI=1S/C17H19N5O6/c1-25-15(23)14-13(12(9-19-14)7-11-5-4-6-18-8-11)21-16(20-10-28-27-3)22-17(24)26-2/h4-6,8-10,19H,7H2,1-3H3,(H,21,22,24)/b20-10-. The molecule has 0 saturated heterocycles. The van der Waals surface area contributed by atoms with E-state index in [1.165, 1.54) is 21.3 Å². The van der Waals surface area contributed by atoms with Crippen LogP contribution >= 0.6 is 0 Å². The Morgan fingerprint density at radius 2 is 2.11 bits per heavy atom. The quantitative estimate of drug-likeness (QED) is 0.252. The number of ether oxygens (including phenoxy) is 2. The first-order chi connectivity index (χ1) is 13.6. The zero-order chi connectivity index (χ0) is 20.4. The molecule has 148 valence electrons. The molecule has 0 saturated carbocycles. The second-order valence-electron chi connectivity index (χ2n) is 5.12. The molecule has 0 bridgehead atoms. The number of nitrogens with one attached hydrogen (secondary N) is 2. The molecule has 2 heterocycles. The van der Waals surface area contributed by atoms with Gasteiger partial charge in [0, 0.05) is 30.6 Å². The Hall–Kier alpha value is -3.73. The molecular weight excluding hydrogens is 370 g/mol. The Bertz CT molecular complexity index is 862. The largest absolute Gasteiger partial charge is 0.464 e. The van der Waals surface area contributed by atoms with Gasteiger partial charge in [0.2, 0.25) is 12.4 Å². The maximum atomic E-state index is 12.1. The Balaban J connectivity index is 2.47. The lowest BCUT2D eigenvalue weighted by molar-refractivity contribution is -0.187. The molecule has 2 aromatic heterocycles. The first-order valence-corrected chi connectivity index (χ1v) is 7.92. The molecule has 1 amide bonds. The molecule has 28 heavy (non-hydrogen) atoms. The molecule has 11 nitrogen and oxygen atoms in total. The smallest absolute Gasteiger partial charge is 0.413 e. The van der Waals surface area contributed by atoms with Crippen molar-refractivity contribution >= 4 is 30.1 Å². The molecule has 0 aromatic carbocycles. The lowest BCUT2D eigenvalue weighted by atomic mass is 10.1. The normalized spacial score (nSPS) is 11.3. The van der Waals surface area contributed by atoms with Gasteiger partial charge in [-0.1, -0.05) is 6.07 Å². The van der Waals surface area contributed by atoms with Crippen LogP contribution in [-0.4, -0.2) is 55.7 Å². The van der Waals surface area contributed by atoms with E-state index in [-0.39, 0.29) is 17.3 Å². The molecule has 0 fully saturated rings. The topological polar surface area (TPSA) is 136 Å². The molecule has 0 aliphatic heterocycles. The number of amides is 1. The number of aliphatic imine (C=N–C) groups is 2. The first-order valence-electron chi connectivity index (χ1n) is 7.92. The van der Waals surface area contributed by atoms with Crippen LogP contribution in [0.4, 0.5) is 10.5 Å². The molecular formula is C17H19N5O6. The van der Waals surface area contributed by atoms with Crippen LogP contribution in [-0.2, 0) is 25.7 Å². The molecule has 2 rings (SSSR count). The molecule has 0 radical (unpaired) electrons. The second kappa shape index (κ2) is 10.4. The van der Waals surface area contributed by atoms with Gasteiger partial charge in [0.15, 0.2) is 5.69 Å². The molecule has 11 heteroatoms. The Kier molecular flexibility index (Phi) is 7.66. The van der Waals surface area contributed by atoms with Crippen molar-refractivity contribution in [2.24, 2.45) is 9.98 Å². The van der Waals surface area contributed by atoms with E-state index in [0.29, 0.717) is 12.0 Å². The van der Waals surface area contributed by atoms with Crippen LogP contribution in [0.5, 0.6) is 0 Å². The van der Waals surface area contributed by atoms with E-state index >= 15 is 0 Å². The summed E-state index contributed by atoms with van der Waals surface area (Å²) < 4.78 is 9.32. The van der Waals surface area contributed by atoms with Gasteiger partial charge in [0.05, 0.1) is 21.3 Å². The summed E-state index contributed by atoms with van der Waals surface area (Å²) in [4.78, 5) is 47.6. The predicted octanol–water partition coefficient (Wildman–Crippen LogP) is 1.74. The molecule has 0 spiro atoms. The molecule has 0 aliphatic rings. The highest BCUT2D eigenvalue weighted by Gasteiger charge is 2.19. The monoisotopic (exact) mass is 389 g/mol. The summed E-state index contributed by atoms with van der Waals surface area (Å²) in [6, 6.07) is 3.67. The summed E-state index contributed by atoms with van der Waals surface area (Å²) in [5, 5.41) is 2.32. The zero-order valence-corrected chi connectivity index (χ0v) is 15.5. The number of carbonyl (C=O) groups excluding carboxylic acids is 2. The van der Waals surface area contributed by atoms with Gasteiger partial charge >= 0.3 is 12.1 Å². The fourth-order valence-corrected chi connectivity index (χ4v) is 2.15. The number of aromatic nitrogens is 2. The third kappa shape index (κ3) is 5.64. The van der Waals surface area contributed by atoms with Crippen molar-refractivity contribution in [3.8, 4) is 0 Å². The number of hydrogen-bond donors (Lipinski definition) is 2. The van der Waals surface area contributed by atoms with Crippen LogP contribution in [0.3, 0.4) is 0 Å². The highest BCUT2D eigenvalue weighted by molar-refractivity contribution is 6.01. The number of nitrogens with zero attached hydrogens (tertiary/aromatic N) is 3. The summed E-state index contributed by atoms with van der Waals surface area (Å²) >= 11 is 0. The minimum Gasteiger partial charge on any atom is -0.464 e. The molecule has 0 atom stereocenters. The van der Waals surface area contributed by atoms with E-state index in [1.807, 2.05) is 6.07 Å². The van der Waals surface area contributed by atoms with E-state index < -0.39 is 12.1 Å². The average Bonchev–Trinajstić information content (AvgIpc) is 3.10. The number of pyridine rings is 1. The average molecular weight is 389 g/mol. The van der Waals surface area contributed by atoms with Crippen LogP contribution < -0.4 is 5.32 Å². The number of guanidine groups is 1. The summed E-state index contributed by atoms with van der Waals surface area (Å²) in [5.41, 5.74) is 1.87. The number of hydrogen-bond acceptors (Lipinski definition) is 8. The zero-order valence-electron chi connectivity index (χ0n) is 15.5. The lowest BCUT2D eigenvalue weighted by Crippen LogP contribution is -2.29. The molecule has 2 aromatic rings. The van der Waals surface area contributed by atoms with Gasteiger partial charge in [-0.2, -0.15) is 9.88 Å². The number of rotatable bonds is 6. The van der Waals surface area contributed by atoms with Gasteiger partial charge < -0.3 is 19.3 Å². The fraction of sp³-hybridized carbons (Fsp3) is 0.235. The number of H-pyrrole nitrogens is 1. The van der Waals surface area contributed by atoms with Crippen molar-refractivity contribution in [1.29, 1.82) is 0 Å². The van der Waals surface area contributed by atoms with Gasteiger partial charge in [-0.15, -0.1) is 0 Å². The number of carbonyl (C=O) groups is 2. The molecule has 0 unspecified atom stereocenters. The van der Waals surface area contributed by atoms with Crippen LogP contribution in [0, 0.1) is 0 Å². The van der Waals surface area contributed by atoms with Crippen LogP contribution in [0.1, 0.15) is 21.6 Å². The highest BCUT2D eigenvalue weighted by Crippen LogP contribution is 2.27. The van der Waals surface area contributed by atoms with Crippen molar-refractivity contribution < 1.29 is 28.8 Å². The van der Waals surface area contributed by atoms with Gasteiger partial charge in [-0.3, -0.25) is 10.3 Å². The third-order valence-electron chi connectivity index (χ3n) is 3.37. The van der Waals surface area contributed by atoms with Crippen LogP contribution in [0.15, 0.2) is 40.7 Å². The summed E-state index contributed by atoms with van der Waals surface area (Å²) in [7, 11) is 3.71. The fourth-order valence-electron chi connectivity index (χ4n) is 2.15. The minimum atomic E-state index is -0.808. The summed E-state index contributed by atoms with van der Waals surface area (Å²) in [6.07, 6.45) is 5.49. The first kappa shape index (κ1) is 20.6. The maximum absolute atomic E-state index is 12.1. The maximum Gasteiger partial charge on any atom is 0.413 e. The Labute approximate surface area is 160 Å². The summed E-state index contributed by atoms with van der Waals surface area (Å²) in [6.45, 7) is 0. The number of esters is 1. The van der Waals surface area contributed by atoms with Crippen molar-refractivity contribution in [2.45, 2.75) is 6.42 Å². The van der Waals surface area contributed by atoms with Crippen LogP contribution in [0.2, 0.25) is 0 Å². The SMILES string of the molecule is COO/C=N\C(=Nc1c(Cc2cccnc2)c[nH]c1C(=O)OC)NC(=O)OC. The van der Waals surface area contributed by atoms with E-state index in [9.17, 15) is 9.59 Å². The number of alkyl carbamates (subject to hydrolysis) is 1. The van der Waals surface area contributed by atoms with Gasteiger partial charge in [-0.05, 0) is 11.6 Å². The molecule has 2 N–H and O–H groups in total. The Morgan fingerprint density at radius 3 is 2.75 bits per heavy atom. The van der Waals surface area contributed by atoms with E-state index in [4.69, 9.17) is 4.74 Å². The van der Waals surface area contributed by atoms with E-state index in [1.54, 1.807) is 24.7 Å². The van der Waals surface area contributed by atoms with Crippen molar-refractivity contribution in [1.82, 2.24) is 15.3 Å². The van der Waals surface area contributed by atoms with Gasteiger partial charge in [0.1, 0.15) is 5.69 Å². The second-order valence-corrected chi connectivity index (χ2v) is 5.12. The minimum absolute atomic E-state index is 0.0911. The van der Waals surface area contributed by atoms with Crippen molar-refractivity contribution in [3.63, 3.8) is 0 Å². The van der Waals surface area contributed by atoms with Crippen LogP contribution in [0.25, 0.3) is 0 Å². The third-order valence-corrected chi connectivity index (χ3v) is 3.37. The summed E-state index contributed by atoms with van der Waals surface area (Å²) in [5.74, 6) is -0.827. The van der Waals surface area contributed by atoms with Gasteiger partial charge in [-0.25, -0.2) is 14.6 Å². The number of aromatic amines is 1. The van der Waals surface area contributed by atoms with Gasteiger partial charge in [0.25, 0.3) is 0 Å². The Morgan fingerprint density at radius 1 is 1.29 bits per heavy atom. The lowest BCUT2D eigenvalue weighted by Gasteiger charge is -2.06. The van der Waals surface area contributed by atoms with E-state index in [2.05, 4.69) is 39.8 Å². The van der Waals surface area contributed by atoms with E-state index in [0.717, 1.165) is 12.0 Å². The highest BCUT2D eigenvalue weighted by atomic mass is 17.2. The predicted molar refractivity (Wildman–Crippen MR) is 98.4 cm³/mol. The van der Waals surface area contributed by atoms with Crippen molar-refractivity contribution in [2.75, 3.05) is 21.3 Å². The van der Waals surface area contributed by atoms with Crippen molar-refractivity contribution in [3.05, 3.63) is 47.5 Å². The molecule has 0 aliphatic carbocycles.